The molecule has 1 aliphatic heterocycles. The van der Waals surface area contributed by atoms with Crippen molar-refractivity contribution < 1.29 is 0 Å². The quantitative estimate of drug-likeness (QED) is 0.914. The minimum atomic E-state index is 0.800. The molecule has 1 aliphatic rings. The molecule has 0 radical (unpaired) electrons. The van der Waals surface area contributed by atoms with Crippen LogP contribution in [-0.2, 0) is 6.54 Å². The molecule has 16 heavy (non-hydrogen) atoms. The van der Waals surface area contributed by atoms with E-state index < -0.39 is 0 Å². The molecule has 1 N–H and O–H groups in total. The van der Waals surface area contributed by atoms with Crippen molar-refractivity contribution in [2.75, 3.05) is 23.8 Å². The van der Waals surface area contributed by atoms with Crippen molar-refractivity contribution in [3.05, 3.63) is 34.3 Å². The maximum Gasteiger partial charge on any atom is 0.0263 e. The number of thioether (sulfide) groups is 2. The first-order valence-corrected chi connectivity index (χ1v) is 8.49. The summed E-state index contributed by atoms with van der Waals surface area (Å²) in [6.07, 6.45) is 0. The number of benzene rings is 1. The molecule has 4 heteroatoms. The molecule has 0 amide bonds. The third-order valence-corrected chi connectivity index (χ3v) is 5.87. The van der Waals surface area contributed by atoms with E-state index in [4.69, 9.17) is 0 Å². The number of halogens is 1. The molecule has 0 saturated carbocycles. The van der Waals surface area contributed by atoms with Gasteiger partial charge in [0.05, 0.1) is 0 Å². The summed E-state index contributed by atoms with van der Waals surface area (Å²) in [6.45, 7) is 2.11. The molecule has 0 aliphatic carbocycles. The number of hydrogen-bond acceptors (Lipinski definition) is 3. The summed E-state index contributed by atoms with van der Waals surface area (Å²) in [6, 6.07) is 8.53. The van der Waals surface area contributed by atoms with Gasteiger partial charge in [0, 0.05) is 40.1 Å². The Kier molecular flexibility index (Phi) is 5.56. The highest BCUT2D eigenvalue weighted by Crippen LogP contribution is 2.23. The van der Waals surface area contributed by atoms with E-state index >= 15 is 0 Å². The smallest absolute Gasteiger partial charge is 0.0263 e. The van der Waals surface area contributed by atoms with Gasteiger partial charge in [-0.2, -0.15) is 23.5 Å². The van der Waals surface area contributed by atoms with E-state index in [0.29, 0.717) is 0 Å². The van der Waals surface area contributed by atoms with Crippen molar-refractivity contribution in [2.24, 2.45) is 0 Å². The third-order valence-electron chi connectivity index (χ3n) is 2.50. The molecule has 1 aromatic carbocycles. The number of hydrogen-bond donors (Lipinski definition) is 1. The molecule has 0 aromatic heterocycles. The molecule has 1 atom stereocenters. The Labute approximate surface area is 114 Å². The first-order valence-electron chi connectivity index (χ1n) is 5.49. The van der Waals surface area contributed by atoms with Crippen molar-refractivity contribution in [1.82, 2.24) is 5.32 Å². The molecule has 1 unspecified atom stereocenters. The van der Waals surface area contributed by atoms with Crippen molar-refractivity contribution in [1.29, 1.82) is 0 Å². The Bertz CT molecular complexity index is 309. The summed E-state index contributed by atoms with van der Waals surface area (Å²) < 4.78 is 1.15. The summed E-state index contributed by atoms with van der Waals surface area (Å²) in [4.78, 5) is 0. The van der Waals surface area contributed by atoms with E-state index in [1.807, 2.05) is 0 Å². The van der Waals surface area contributed by atoms with Crippen LogP contribution in [0.25, 0.3) is 0 Å². The van der Waals surface area contributed by atoms with Gasteiger partial charge >= 0.3 is 0 Å². The van der Waals surface area contributed by atoms with Gasteiger partial charge in [-0.05, 0) is 17.7 Å². The van der Waals surface area contributed by atoms with Crippen LogP contribution in [0.3, 0.4) is 0 Å². The van der Waals surface area contributed by atoms with Gasteiger partial charge in [0.2, 0.25) is 0 Å². The van der Waals surface area contributed by atoms with Gasteiger partial charge in [-0.1, -0.05) is 28.1 Å². The van der Waals surface area contributed by atoms with Crippen LogP contribution < -0.4 is 5.32 Å². The second-order valence-corrected chi connectivity index (χ2v) is 7.30. The SMILES string of the molecule is Brc1ccc(CNCC2CSCCS2)cc1. The molecule has 1 aromatic rings. The maximum absolute atomic E-state index is 3.54. The predicted octanol–water partition coefficient (Wildman–Crippen LogP) is 3.39. The van der Waals surface area contributed by atoms with E-state index in [1.165, 1.54) is 22.8 Å². The maximum atomic E-state index is 3.54. The van der Waals surface area contributed by atoms with Crippen LogP contribution in [0.4, 0.5) is 0 Å². The summed E-state index contributed by atoms with van der Waals surface area (Å²) >= 11 is 7.64. The Morgan fingerprint density at radius 2 is 2.06 bits per heavy atom. The molecule has 0 spiro atoms. The topological polar surface area (TPSA) is 12.0 Å². The summed E-state index contributed by atoms with van der Waals surface area (Å²) in [5, 5.41) is 4.34. The first kappa shape index (κ1) is 12.8. The minimum Gasteiger partial charge on any atom is -0.312 e. The zero-order valence-electron chi connectivity index (χ0n) is 9.12. The Hall–Kier alpha value is 0.360. The van der Waals surface area contributed by atoms with E-state index in [1.54, 1.807) is 0 Å². The van der Waals surface area contributed by atoms with Gasteiger partial charge in [0.25, 0.3) is 0 Å². The molecule has 1 fully saturated rings. The second-order valence-electron chi connectivity index (χ2n) is 3.83. The van der Waals surface area contributed by atoms with Gasteiger partial charge in [-0.3, -0.25) is 0 Å². The Morgan fingerprint density at radius 3 is 2.75 bits per heavy atom. The van der Waals surface area contributed by atoms with Crippen molar-refractivity contribution in [2.45, 2.75) is 11.8 Å². The van der Waals surface area contributed by atoms with E-state index in [-0.39, 0.29) is 0 Å². The van der Waals surface area contributed by atoms with Crippen LogP contribution >= 0.6 is 39.5 Å². The lowest BCUT2D eigenvalue weighted by Crippen LogP contribution is -2.28. The molecule has 1 nitrogen and oxygen atoms in total. The fourth-order valence-corrected chi connectivity index (χ4v) is 4.54. The standard InChI is InChI=1S/C12H16BrNS2/c13-11-3-1-10(2-4-11)7-14-8-12-9-15-5-6-16-12/h1-4,12,14H,5-9H2. The minimum absolute atomic E-state index is 0.800. The van der Waals surface area contributed by atoms with Gasteiger partial charge in [0.15, 0.2) is 0 Å². The lowest BCUT2D eigenvalue weighted by molar-refractivity contribution is 0.686. The summed E-state index contributed by atoms with van der Waals surface area (Å²) in [7, 11) is 0. The highest BCUT2D eigenvalue weighted by Gasteiger charge is 2.13. The predicted molar refractivity (Wildman–Crippen MR) is 79.4 cm³/mol. The van der Waals surface area contributed by atoms with Crippen molar-refractivity contribution >= 4 is 39.5 Å². The molecule has 2 rings (SSSR count). The summed E-state index contributed by atoms with van der Waals surface area (Å²) in [5.41, 5.74) is 1.36. The molecule has 1 heterocycles. The van der Waals surface area contributed by atoms with Crippen LogP contribution in [0.1, 0.15) is 5.56 Å². The van der Waals surface area contributed by atoms with Crippen LogP contribution in [0.5, 0.6) is 0 Å². The highest BCUT2D eigenvalue weighted by molar-refractivity contribution is 9.10. The summed E-state index contributed by atoms with van der Waals surface area (Å²) in [5.74, 6) is 3.95. The largest absolute Gasteiger partial charge is 0.312 e. The van der Waals surface area contributed by atoms with Gasteiger partial charge < -0.3 is 5.32 Å². The molecular weight excluding hydrogens is 302 g/mol. The first-order chi connectivity index (χ1) is 7.84. The average molecular weight is 318 g/mol. The second kappa shape index (κ2) is 6.94. The molecule has 0 bridgehead atoms. The van der Waals surface area contributed by atoms with Crippen LogP contribution in [0.15, 0.2) is 28.7 Å². The number of rotatable bonds is 4. The fourth-order valence-electron chi connectivity index (χ4n) is 1.63. The van der Waals surface area contributed by atoms with Gasteiger partial charge in [-0.25, -0.2) is 0 Å². The normalized spacial score (nSPS) is 20.9. The average Bonchev–Trinajstić information content (AvgIpc) is 2.33. The zero-order valence-corrected chi connectivity index (χ0v) is 12.3. The molecular formula is C12H16BrNS2. The monoisotopic (exact) mass is 317 g/mol. The van der Waals surface area contributed by atoms with Crippen LogP contribution in [0.2, 0.25) is 0 Å². The van der Waals surface area contributed by atoms with E-state index in [2.05, 4.69) is 69.0 Å². The van der Waals surface area contributed by atoms with Crippen LogP contribution in [0, 0.1) is 0 Å². The van der Waals surface area contributed by atoms with Crippen molar-refractivity contribution in [3.8, 4) is 0 Å². The zero-order chi connectivity index (χ0) is 11.2. The molecule has 88 valence electrons. The third kappa shape index (κ3) is 4.32. The Morgan fingerprint density at radius 1 is 1.25 bits per heavy atom. The van der Waals surface area contributed by atoms with Crippen LogP contribution in [-0.4, -0.2) is 29.1 Å². The van der Waals surface area contributed by atoms with E-state index in [0.717, 1.165) is 22.8 Å². The van der Waals surface area contributed by atoms with Gasteiger partial charge in [0.1, 0.15) is 0 Å². The lowest BCUT2D eigenvalue weighted by Gasteiger charge is -2.21. The number of nitrogens with one attached hydrogen (secondary N) is 1. The molecule has 1 saturated heterocycles. The van der Waals surface area contributed by atoms with Crippen molar-refractivity contribution in [3.63, 3.8) is 0 Å². The highest BCUT2D eigenvalue weighted by atomic mass is 79.9. The Balaban J connectivity index is 1.69. The van der Waals surface area contributed by atoms with E-state index in [9.17, 15) is 0 Å². The van der Waals surface area contributed by atoms with Gasteiger partial charge in [-0.15, -0.1) is 0 Å². The lowest BCUT2D eigenvalue weighted by atomic mass is 10.2. The fraction of sp³-hybridized carbons (Fsp3) is 0.500.